The molecule has 1 aromatic carbocycles. The molecule has 7 nitrogen and oxygen atoms in total. The Morgan fingerprint density at radius 1 is 1.32 bits per heavy atom. The highest BCUT2D eigenvalue weighted by molar-refractivity contribution is 5.94. The summed E-state index contributed by atoms with van der Waals surface area (Å²) < 4.78 is 5.52. The Kier molecular flexibility index (Phi) is 4.48. The molecule has 2 aromatic rings. The smallest absolute Gasteiger partial charge is 0.258 e. The molecule has 0 aliphatic carbocycles. The van der Waals surface area contributed by atoms with Gasteiger partial charge in [-0.05, 0) is 38.5 Å². The Hall–Kier alpha value is -2.83. The molecular formula is C18H22N4O3. The van der Waals surface area contributed by atoms with Crippen molar-refractivity contribution in [2.75, 3.05) is 11.9 Å². The van der Waals surface area contributed by atoms with Crippen molar-refractivity contribution < 1.29 is 14.3 Å². The van der Waals surface area contributed by atoms with E-state index in [1.807, 2.05) is 45.0 Å². The van der Waals surface area contributed by atoms with E-state index in [1.165, 1.54) is 0 Å². The van der Waals surface area contributed by atoms with Gasteiger partial charge in [0.25, 0.3) is 5.91 Å². The lowest BCUT2D eigenvalue weighted by Crippen LogP contribution is -2.43. The van der Waals surface area contributed by atoms with E-state index in [9.17, 15) is 9.59 Å². The highest BCUT2D eigenvalue weighted by Gasteiger charge is 2.28. The van der Waals surface area contributed by atoms with E-state index in [1.54, 1.807) is 6.20 Å². The third-order valence-electron chi connectivity index (χ3n) is 3.86. The van der Waals surface area contributed by atoms with Gasteiger partial charge < -0.3 is 15.4 Å². The first kappa shape index (κ1) is 17.0. The molecule has 0 saturated carbocycles. The minimum absolute atomic E-state index is 0.0334. The molecule has 0 radical (unpaired) electrons. The SMILES string of the molecule is CC(C)(C)NC(=O)COc1ccc(C2CC(=O)Nc3[nH]ncc32)cc1. The topological polar surface area (TPSA) is 96.1 Å². The second-order valence-electron chi connectivity index (χ2n) is 7.16. The number of anilines is 1. The van der Waals surface area contributed by atoms with Crippen LogP contribution in [-0.4, -0.2) is 34.2 Å². The number of hydrogen-bond acceptors (Lipinski definition) is 4. The number of carbonyl (C=O) groups is 2. The third kappa shape index (κ3) is 4.17. The fourth-order valence-corrected chi connectivity index (χ4v) is 2.84. The highest BCUT2D eigenvalue weighted by atomic mass is 16.5. The lowest BCUT2D eigenvalue weighted by Gasteiger charge is -2.22. The predicted octanol–water partition coefficient (Wildman–Crippen LogP) is 2.18. The van der Waals surface area contributed by atoms with Gasteiger partial charge in [-0.3, -0.25) is 14.7 Å². The molecule has 2 amide bonds. The van der Waals surface area contributed by atoms with Crippen LogP contribution in [0.1, 0.15) is 44.2 Å². The minimum Gasteiger partial charge on any atom is -0.484 e. The number of H-pyrrole nitrogens is 1. The van der Waals surface area contributed by atoms with Crippen LogP contribution in [0.5, 0.6) is 5.75 Å². The molecule has 25 heavy (non-hydrogen) atoms. The zero-order valence-electron chi connectivity index (χ0n) is 14.6. The minimum atomic E-state index is -0.284. The molecule has 3 N–H and O–H groups in total. The molecule has 2 heterocycles. The van der Waals surface area contributed by atoms with E-state index in [0.717, 1.165) is 11.1 Å². The van der Waals surface area contributed by atoms with Crippen LogP contribution in [0.2, 0.25) is 0 Å². The summed E-state index contributed by atoms with van der Waals surface area (Å²) in [6, 6.07) is 7.45. The summed E-state index contributed by atoms with van der Waals surface area (Å²) in [7, 11) is 0. The number of aromatic nitrogens is 2. The maximum Gasteiger partial charge on any atom is 0.258 e. The van der Waals surface area contributed by atoms with Crippen LogP contribution in [0.15, 0.2) is 30.5 Å². The molecule has 1 atom stereocenters. The molecule has 132 valence electrons. The summed E-state index contributed by atoms with van der Waals surface area (Å²) in [5, 5.41) is 12.4. The van der Waals surface area contributed by atoms with Gasteiger partial charge in [0.1, 0.15) is 11.6 Å². The number of nitrogens with one attached hydrogen (secondary N) is 3. The number of ether oxygens (including phenoxy) is 1. The number of rotatable bonds is 4. The molecular weight excluding hydrogens is 320 g/mol. The van der Waals surface area contributed by atoms with Gasteiger partial charge in [0, 0.05) is 23.4 Å². The van der Waals surface area contributed by atoms with Crippen molar-refractivity contribution in [3.05, 3.63) is 41.6 Å². The number of hydrogen-bond donors (Lipinski definition) is 3. The summed E-state index contributed by atoms with van der Waals surface area (Å²) in [5.41, 5.74) is 1.69. The summed E-state index contributed by atoms with van der Waals surface area (Å²) in [5.74, 6) is 1.02. The maximum atomic E-state index is 11.8. The molecule has 0 saturated heterocycles. The number of amides is 2. The first-order valence-corrected chi connectivity index (χ1v) is 8.19. The number of benzene rings is 1. The van der Waals surface area contributed by atoms with Crippen molar-refractivity contribution in [1.29, 1.82) is 0 Å². The van der Waals surface area contributed by atoms with E-state index >= 15 is 0 Å². The summed E-state index contributed by atoms with van der Waals surface area (Å²) in [6.07, 6.45) is 2.11. The largest absolute Gasteiger partial charge is 0.484 e. The number of carbonyl (C=O) groups excluding carboxylic acids is 2. The van der Waals surface area contributed by atoms with Gasteiger partial charge in [0.15, 0.2) is 6.61 Å². The number of aromatic amines is 1. The van der Waals surface area contributed by atoms with Crippen LogP contribution in [0, 0.1) is 0 Å². The van der Waals surface area contributed by atoms with Gasteiger partial charge in [0.2, 0.25) is 5.91 Å². The molecule has 0 fully saturated rings. The van der Waals surface area contributed by atoms with Crippen LogP contribution >= 0.6 is 0 Å². The Morgan fingerprint density at radius 2 is 2.04 bits per heavy atom. The second kappa shape index (κ2) is 6.58. The fourth-order valence-electron chi connectivity index (χ4n) is 2.84. The first-order chi connectivity index (χ1) is 11.8. The van der Waals surface area contributed by atoms with Gasteiger partial charge in [-0.25, -0.2) is 0 Å². The van der Waals surface area contributed by atoms with Gasteiger partial charge in [0.05, 0.1) is 6.20 Å². The Balaban J connectivity index is 1.65. The summed E-state index contributed by atoms with van der Waals surface area (Å²) in [4.78, 5) is 23.6. The molecule has 1 aromatic heterocycles. The third-order valence-corrected chi connectivity index (χ3v) is 3.86. The zero-order valence-corrected chi connectivity index (χ0v) is 14.6. The highest BCUT2D eigenvalue weighted by Crippen LogP contribution is 2.36. The van der Waals surface area contributed by atoms with Gasteiger partial charge in [-0.1, -0.05) is 12.1 Å². The van der Waals surface area contributed by atoms with E-state index in [2.05, 4.69) is 20.8 Å². The lowest BCUT2D eigenvalue weighted by atomic mass is 9.87. The van der Waals surface area contributed by atoms with Crippen LogP contribution in [0.4, 0.5) is 5.82 Å². The quantitative estimate of drug-likeness (QED) is 0.793. The Morgan fingerprint density at radius 3 is 2.72 bits per heavy atom. The first-order valence-electron chi connectivity index (χ1n) is 8.19. The van der Waals surface area contributed by atoms with Crippen molar-refractivity contribution in [2.45, 2.75) is 38.6 Å². The molecule has 3 rings (SSSR count). The van der Waals surface area contributed by atoms with Crippen molar-refractivity contribution >= 4 is 17.6 Å². The van der Waals surface area contributed by atoms with E-state index in [0.29, 0.717) is 18.0 Å². The van der Waals surface area contributed by atoms with Crippen molar-refractivity contribution in [2.24, 2.45) is 0 Å². The zero-order chi connectivity index (χ0) is 18.0. The van der Waals surface area contributed by atoms with Crippen LogP contribution in [0.25, 0.3) is 0 Å². The molecule has 0 bridgehead atoms. The fraction of sp³-hybridized carbons (Fsp3) is 0.389. The number of nitrogens with zero attached hydrogens (tertiary/aromatic N) is 1. The standard InChI is InChI=1S/C18H22N4O3/c1-18(2,3)21-16(24)10-25-12-6-4-11(5-7-12)13-8-15(23)20-17-14(13)9-19-22-17/h4-7,9,13H,8,10H2,1-3H3,(H,21,24)(H2,19,20,22,23). The van der Waals surface area contributed by atoms with Crippen molar-refractivity contribution in [3.63, 3.8) is 0 Å². The second-order valence-corrected chi connectivity index (χ2v) is 7.16. The van der Waals surface area contributed by atoms with E-state index in [-0.39, 0.29) is 29.9 Å². The molecule has 0 spiro atoms. The average molecular weight is 342 g/mol. The van der Waals surface area contributed by atoms with Crippen LogP contribution < -0.4 is 15.4 Å². The molecule has 1 unspecified atom stereocenters. The number of fused-ring (bicyclic) bond motifs is 1. The lowest BCUT2D eigenvalue weighted by molar-refractivity contribution is -0.124. The van der Waals surface area contributed by atoms with Gasteiger partial charge in [-0.2, -0.15) is 5.10 Å². The monoisotopic (exact) mass is 342 g/mol. The molecule has 1 aliphatic rings. The van der Waals surface area contributed by atoms with E-state index < -0.39 is 0 Å². The van der Waals surface area contributed by atoms with Crippen molar-refractivity contribution in [1.82, 2.24) is 15.5 Å². The van der Waals surface area contributed by atoms with Crippen LogP contribution in [-0.2, 0) is 9.59 Å². The predicted molar refractivity (Wildman–Crippen MR) is 93.5 cm³/mol. The summed E-state index contributed by atoms with van der Waals surface area (Å²) >= 11 is 0. The normalized spacial score (nSPS) is 16.8. The van der Waals surface area contributed by atoms with Crippen molar-refractivity contribution in [3.8, 4) is 5.75 Å². The maximum absolute atomic E-state index is 11.8. The van der Waals surface area contributed by atoms with E-state index in [4.69, 9.17) is 4.74 Å². The van der Waals surface area contributed by atoms with Gasteiger partial charge >= 0.3 is 0 Å². The average Bonchev–Trinajstić information content (AvgIpc) is 2.99. The Bertz CT molecular complexity index is 774. The molecule has 1 aliphatic heterocycles. The summed E-state index contributed by atoms with van der Waals surface area (Å²) in [6.45, 7) is 5.73. The van der Waals surface area contributed by atoms with Crippen LogP contribution in [0.3, 0.4) is 0 Å². The Labute approximate surface area is 146 Å². The van der Waals surface area contributed by atoms with Gasteiger partial charge in [-0.15, -0.1) is 0 Å². The molecule has 7 heteroatoms.